The molecule has 0 bridgehead atoms. The van der Waals surface area contributed by atoms with Crippen molar-refractivity contribution in [1.82, 2.24) is 0 Å². The van der Waals surface area contributed by atoms with Gasteiger partial charge in [-0.05, 0) is 30.0 Å². The SMILES string of the molecule is CC(O)Cc1cc(C(C)C)cc(F)c1F. The van der Waals surface area contributed by atoms with E-state index in [2.05, 4.69) is 0 Å². The minimum Gasteiger partial charge on any atom is -0.393 e. The number of halogens is 2. The second kappa shape index (κ2) is 4.71. The Morgan fingerprint density at radius 1 is 1.20 bits per heavy atom. The Balaban J connectivity index is 3.13. The number of aliphatic hydroxyl groups is 1. The molecule has 1 atom stereocenters. The van der Waals surface area contributed by atoms with Gasteiger partial charge in [-0.3, -0.25) is 0 Å². The molecule has 0 spiro atoms. The molecule has 1 aromatic carbocycles. The molecular weight excluding hydrogens is 198 g/mol. The summed E-state index contributed by atoms with van der Waals surface area (Å²) in [5.41, 5.74) is 0.998. The van der Waals surface area contributed by atoms with E-state index in [0.717, 1.165) is 5.56 Å². The first-order valence-corrected chi connectivity index (χ1v) is 5.07. The van der Waals surface area contributed by atoms with Gasteiger partial charge in [0, 0.05) is 6.42 Å². The van der Waals surface area contributed by atoms with Crippen molar-refractivity contribution >= 4 is 0 Å². The molecule has 1 unspecified atom stereocenters. The van der Waals surface area contributed by atoms with E-state index in [-0.39, 0.29) is 17.9 Å². The third-order valence-electron chi connectivity index (χ3n) is 2.31. The van der Waals surface area contributed by atoms with Crippen molar-refractivity contribution in [2.24, 2.45) is 0 Å². The van der Waals surface area contributed by atoms with Crippen molar-refractivity contribution in [2.75, 3.05) is 0 Å². The fourth-order valence-electron chi connectivity index (χ4n) is 1.47. The summed E-state index contributed by atoms with van der Waals surface area (Å²) in [6.07, 6.45) is -0.523. The van der Waals surface area contributed by atoms with Gasteiger partial charge in [0.2, 0.25) is 0 Å². The minimum atomic E-state index is -0.847. The summed E-state index contributed by atoms with van der Waals surface area (Å²) in [7, 11) is 0. The number of hydrogen-bond donors (Lipinski definition) is 1. The Hall–Kier alpha value is -0.960. The Labute approximate surface area is 88.7 Å². The fourth-order valence-corrected chi connectivity index (χ4v) is 1.47. The molecule has 1 aromatic rings. The van der Waals surface area contributed by atoms with Gasteiger partial charge in [-0.25, -0.2) is 8.78 Å². The molecule has 0 heterocycles. The molecule has 3 heteroatoms. The number of rotatable bonds is 3. The third kappa shape index (κ3) is 2.99. The molecule has 0 aromatic heterocycles. The Bertz CT molecular complexity index is 346. The molecule has 84 valence electrons. The van der Waals surface area contributed by atoms with Gasteiger partial charge in [0.05, 0.1) is 6.10 Å². The Morgan fingerprint density at radius 3 is 2.27 bits per heavy atom. The van der Waals surface area contributed by atoms with Crippen LogP contribution in [0.4, 0.5) is 8.78 Å². The molecule has 1 rings (SSSR count). The van der Waals surface area contributed by atoms with Crippen LogP contribution >= 0.6 is 0 Å². The van der Waals surface area contributed by atoms with Crippen molar-refractivity contribution in [3.63, 3.8) is 0 Å². The molecule has 0 radical (unpaired) electrons. The average molecular weight is 214 g/mol. The number of aliphatic hydroxyl groups excluding tert-OH is 1. The maximum atomic E-state index is 13.3. The first-order valence-electron chi connectivity index (χ1n) is 5.07. The normalized spacial score (nSPS) is 13.3. The van der Waals surface area contributed by atoms with E-state index in [4.69, 9.17) is 5.11 Å². The molecular formula is C12H16F2O. The molecule has 0 aliphatic rings. The van der Waals surface area contributed by atoms with E-state index in [9.17, 15) is 8.78 Å². The summed E-state index contributed by atoms with van der Waals surface area (Å²) in [4.78, 5) is 0. The van der Waals surface area contributed by atoms with E-state index < -0.39 is 17.7 Å². The van der Waals surface area contributed by atoms with Crippen LogP contribution in [0.3, 0.4) is 0 Å². The first-order chi connectivity index (χ1) is 6.91. The summed E-state index contributed by atoms with van der Waals surface area (Å²) < 4.78 is 26.5. The maximum absolute atomic E-state index is 13.3. The van der Waals surface area contributed by atoms with Gasteiger partial charge in [0.15, 0.2) is 11.6 Å². The summed E-state index contributed by atoms with van der Waals surface area (Å²) in [5.74, 6) is -1.54. The highest BCUT2D eigenvalue weighted by Gasteiger charge is 2.13. The topological polar surface area (TPSA) is 20.2 Å². The fraction of sp³-hybridized carbons (Fsp3) is 0.500. The van der Waals surface area contributed by atoms with Crippen LogP contribution in [0.2, 0.25) is 0 Å². The van der Waals surface area contributed by atoms with E-state index in [1.807, 2.05) is 13.8 Å². The van der Waals surface area contributed by atoms with Crippen LogP contribution in [0.25, 0.3) is 0 Å². The first kappa shape index (κ1) is 12.1. The van der Waals surface area contributed by atoms with Crippen LogP contribution in [0.5, 0.6) is 0 Å². The second-order valence-corrected chi connectivity index (χ2v) is 4.18. The van der Waals surface area contributed by atoms with Crippen molar-refractivity contribution < 1.29 is 13.9 Å². The molecule has 0 saturated heterocycles. The summed E-state index contributed by atoms with van der Waals surface area (Å²) in [6, 6.07) is 2.83. The van der Waals surface area contributed by atoms with Gasteiger partial charge in [-0.15, -0.1) is 0 Å². The third-order valence-corrected chi connectivity index (χ3v) is 2.31. The summed E-state index contributed by atoms with van der Waals surface area (Å²) >= 11 is 0. The molecule has 0 saturated carbocycles. The molecule has 0 amide bonds. The van der Waals surface area contributed by atoms with E-state index in [1.54, 1.807) is 13.0 Å². The van der Waals surface area contributed by atoms with Crippen LogP contribution in [0.1, 0.15) is 37.8 Å². The molecule has 15 heavy (non-hydrogen) atoms. The molecule has 0 aliphatic heterocycles. The number of hydrogen-bond acceptors (Lipinski definition) is 1. The lowest BCUT2D eigenvalue weighted by atomic mass is 9.98. The van der Waals surface area contributed by atoms with Gasteiger partial charge in [-0.2, -0.15) is 0 Å². The van der Waals surface area contributed by atoms with E-state index in [1.165, 1.54) is 6.07 Å². The summed E-state index contributed by atoms with van der Waals surface area (Å²) in [6.45, 7) is 5.39. The van der Waals surface area contributed by atoms with Crippen LogP contribution in [-0.2, 0) is 6.42 Å². The monoisotopic (exact) mass is 214 g/mol. The standard InChI is InChI=1S/C12H16F2O/c1-7(2)9-5-10(4-8(3)15)12(14)11(13)6-9/h5-8,15H,4H2,1-3H3. The Kier molecular flexibility index (Phi) is 3.80. The van der Waals surface area contributed by atoms with Gasteiger partial charge in [0.25, 0.3) is 0 Å². The quantitative estimate of drug-likeness (QED) is 0.820. The van der Waals surface area contributed by atoms with Gasteiger partial charge >= 0.3 is 0 Å². The van der Waals surface area contributed by atoms with Crippen molar-refractivity contribution in [1.29, 1.82) is 0 Å². The Morgan fingerprint density at radius 2 is 1.80 bits per heavy atom. The highest BCUT2D eigenvalue weighted by Crippen LogP contribution is 2.22. The van der Waals surface area contributed by atoms with Gasteiger partial charge in [-0.1, -0.05) is 19.9 Å². The molecule has 1 nitrogen and oxygen atoms in total. The zero-order valence-electron chi connectivity index (χ0n) is 9.22. The highest BCUT2D eigenvalue weighted by atomic mass is 19.2. The van der Waals surface area contributed by atoms with Crippen molar-refractivity contribution in [3.8, 4) is 0 Å². The largest absolute Gasteiger partial charge is 0.393 e. The lowest BCUT2D eigenvalue weighted by Gasteiger charge is -2.11. The smallest absolute Gasteiger partial charge is 0.162 e. The lowest BCUT2D eigenvalue weighted by molar-refractivity contribution is 0.193. The van der Waals surface area contributed by atoms with Crippen LogP contribution in [0, 0.1) is 11.6 Å². The number of benzene rings is 1. The molecule has 0 aliphatic carbocycles. The summed E-state index contributed by atoms with van der Waals surface area (Å²) in [5, 5.41) is 9.16. The average Bonchev–Trinajstić information content (AvgIpc) is 2.11. The predicted octanol–water partition coefficient (Wildman–Crippen LogP) is 3.01. The van der Waals surface area contributed by atoms with Gasteiger partial charge < -0.3 is 5.11 Å². The second-order valence-electron chi connectivity index (χ2n) is 4.18. The minimum absolute atomic E-state index is 0.142. The predicted molar refractivity (Wildman–Crippen MR) is 55.8 cm³/mol. The van der Waals surface area contributed by atoms with Crippen molar-refractivity contribution in [3.05, 3.63) is 34.9 Å². The van der Waals surface area contributed by atoms with Crippen LogP contribution in [0.15, 0.2) is 12.1 Å². The molecule has 0 fully saturated rings. The van der Waals surface area contributed by atoms with Crippen LogP contribution in [-0.4, -0.2) is 11.2 Å². The zero-order chi connectivity index (χ0) is 11.6. The van der Waals surface area contributed by atoms with E-state index in [0.29, 0.717) is 0 Å². The zero-order valence-corrected chi connectivity index (χ0v) is 9.22. The van der Waals surface area contributed by atoms with Gasteiger partial charge in [0.1, 0.15) is 0 Å². The highest BCUT2D eigenvalue weighted by molar-refractivity contribution is 5.28. The maximum Gasteiger partial charge on any atom is 0.162 e. The van der Waals surface area contributed by atoms with E-state index >= 15 is 0 Å². The van der Waals surface area contributed by atoms with Crippen molar-refractivity contribution in [2.45, 2.75) is 39.2 Å². The lowest BCUT2D eigenvalue weighted by Crippen LogP contribution is -2.08. The van der Waals surface area contributed by atoms with Crippen LogP contribution < -0.4 is 0 Å². The molecule has 1 N–H and O–H groups in total.